The standard InChI is InChI=1S/C18H19N5O/c1-13-4-2-8-23(12-13)18-21-10-14(15-11-19-6-7-20-15)17(22-18)16-5-3-9-24-16/h3,5-7,9-11,13H,2,4,8,12H2,1H3/t13-/m0/s1. The fraction of sp³-hybridized carbons (Fsp3) is 0.333. The fourth-order valence-corrected chi connectivity index (χ4v) is 3.12. The van der Waals surface area contributed by atoms with Crippen LogP contribution in [-0.4, -0.2) is 33.0 Å². The molecule has 3 aromatic rings. The van der Waals surface area contributed by atoms with Gasteiger partial charge < -0.3 is 9.32 Å². The zero-order chi connectivity index (χ0) is 16.4. The third-order valence-electron chi connectivity index (χ3n) is 4.31. The first-order chi connectivity index (χ1) is 11.8. The van der Waals surface area contributed by atoms with E-state index >= 15 is 0 Å². The first kappa shape index (κ1) is 14.8. The van der Waals surface area contributed by atoms with Crippen LogP contribution >= 0.6 is 0 Å². The van der Waals surface area contributed by atoms with E-state index in [0.29, 0.717) is 11.7 Å². The van der Waals surface area contributed by atoms with Crippen LogP contribution in [0.2, 0.25) is 0 Å². The predicted octanol–water partition coefficient (Wildman–Crippen LogP) is 3.43. The molecule has 0 unspecified atom stereocenters. The van der Waals surface area contributed by atoms with Crippen molar-refractivity contribution in [2.45, 2.75) is 19.8 Å². The first-order valence-corrected chi connectivity index (χ1v) is 8.23. The third kappa shape index (κ3) is 2.87. The predicted molar refractivity (Wildman–Crippen MR) is 91.4 cm³/mol. The van der Waals surface area contributed by atoms with Gasteiger partial charge in [0.1, 0.15) is 5.69 Å². The number of piperidine rings is 1. The maximum Gasteiger partial charge on any atom is 0.226 e. The lowest BCUT2D eigenvalue weighted by Crippen LogP contribution is -2.35. The van der Waals surface area contributed by atoms with E-state index in [2.05, 4.69) is 26.8 Å². The Morgan fingerprint density at radius 3 is 2.92 bits per heavy atom. The highest BCUT2D eigenvalue weighted by Gasteiger charge is 2.21. The molecule has 24 heavy (non-hydrogen) atoms. The minimum atomic E-state index is 0.661. The molecule has 1 saturated heterocycles. The number of hydrogen-bond acceptors (Lipinski definition) is 6. The van der Waals surface area contributed by atoms with E-state index in [0.717, 1.165) is 36.0 Å². The van der Waals surface area contributed by atoms with Gasteiger partial charge in [0.2, 0.25) is 5.95 Å². The smallest absolute Gasteiger partial charge is 0.226 e. The van der Waals surface area contributed by atoms with Crippen molar-refractivity contribution < 1.29 is 4.42 Å². The SMILES string of the molecule is C[C@H]1CCCN(c2ncc(-c3cnccn3)c(-c3ccco3)n2)C1. The first-order valence-electron chi connectivity index (χ1n) is 8.23. The molecule has 1 aliphatic rings. The molecule has 6 nitrogen and oxygen atoms in total. The summed E-state index contributed by atoms with van der Waals surface area (Å²) in [5.41, 5.74) is 2.32. The Bertz CT molecular complexity index is 804. The van der Waals surface area contributed by atoms with Gasteiger partial charge in [0.05, 0.1) is 18.2 Å². The van der Waals surface area contributed by atoms with E-state index < -0.39 is 0 Å². The number of hydrogen-bond donors (Lipinski definition) is 0. The molecule has 122 valence electrons. The number of nitrogens with zero attached hydrogens (tertiary/aromatic N) is 5. The van der Waals surface area contributed by atoms with Gasteiger partial charge in [-0.2, -0.15) is 0 Å². The molecule has 0 radical (unpaired) electrons. The largest absolute Gasteiger partial charge is 0.463 e. The molecule has 0 bridgehead atoms. The molecular formula is C18H19N5O. The lowest BCUT2D eigenvalue weighted by Gasteiger charge is -2.31. The summed E-state index contributed by atoms with van der Waals surface area (Å²) in [4.78, 5) is 20.2. The molecule has 0 N–H and O–H groups in total. The van der Waals surface area contributed by atoms with E-state index in [-0.39, 0.29) is 0 Å². The van der Waals surface area contributed by atoms with Crippen LogP contribution in [0.5, 0.6) is 0 Å². The second-order valence-corrected chi connectivity index (χ2v) is 6.19. The highest BCUT2D eigenvalue weighted by Crippen LogP contribution is 2.31. The van der Waals surface area contributed by atoms with Crippen LogP contribution in [0.15, 0.2) is 47.6 Å². The van der Waals surface area contributed by atoms with Crippen LogP contribution < -0.4 is 4.90 Å². The summed E-state index contributed by atoms with van der Waals surface area (Å²) < 4.78 is 5.59. The number of aromatic nitrogens is 4. The van der Waals surface area contributed by atoms with Gasteiger partial charge in [0.25, 0.3) is 0 Å². The minimum absolute atomic E-state index is 0.661. The van der Waals surface area contributed by atoms with Crippen LogP contribution in [0.25, 0.3) is 22.7 Å². The van der Waals surface area contributed by atoms with Crippen molar-refractivity contribution in [3.05, 3.63) is 43.2 Å². The lowest BCUT2D eigenvalue weighted by atomic mass is 10.0. The Kier molecular flexibility index (Phi) is 3.94. The maximum absolute atomic E-state index is 5.59. The van der Waals surface area contributed by atoms with Crippen molar-refractivity contribution in [3.63, 3.8) is 0 Å². The molecule has 0 aromatic carbocycles. The van der Waals surface area contributed by atoms with E-state index in [1.165, 1.54) is 12.8 Å². The summed E-state index contributed by atoms with van der Waals surface area (Å²) in [5.74, 6) is 2.12. The quantitative estimate of drug-likeness (QED) is 0.736. The molecule has 0 amide bonds. The lowest BCUT2D eigenvalue weighted by molar-refractivity contribution is 0.442. The van der Waals surface area contributed by atoms with Gasteiger partial charge in [-0.25, -0.2) is 9.97 Å². The summed E-state index contributed by atoms with van der Waals surface area (Å²) in [5, 5.41) is 0. The summed E-state index contributed by atoms with van der Waals surface area (Å²) in [6.45, 7) is 4.25. The minimum Gasteiger partial charge on any atom is -0.463 e. The second-order valence-electron chi connectivity index (χ2n) is 6.19. The van der Waals surface area contributed by atoms with Gasteiger partial charge in [-0.05, 0) is 30.9 Å². The molecule has 0 aliphatic carbocycles. The van der Waals surface area contributed by atoms with E-state index in [9.17, 15) is 0 Å². The van der Waals surface area contributed by atoms with Crippen molar-refractivity contribution in [1.82, 2.24) is 19.9 Å². The third-order valence-corrected chi connectivity index (χ3v) is 4.31. The Labute approximate surface area is 140 Å². The van der Waals surface area contributed by atoms with Crippen molar-refractivity contribution >= 4 is 5.95 Å². The van der Waals surface area contributed by atoms with Gasteiger partial charge in [-0.3, -0.25) is 9.97 Å². The number of rotatable bonds is 3. The van der Waals surface area contributed by atoms with Gasteiger partial charge in [-0.15, -0.1) is 0 Å². The van der Waals surface area contributed by atoms with Gasteiger partial charge in [-0.1, -0.05) is 6.92 Å². The van der Waals surface area contributed by atoms with E-state index in [1.54, 1.807) is 24.9 Å². The molecule has 1 aliphatic heterocycles. The molecule has 1 atom stereocenters. The molecular weight excluding hydrogens is 302 g/mol. The zero-order valence-corrected chi connectivity index (χ0v) is 13.6. The van der Waals surface area contributed by atoms with Crippen LogP contribution in [-0.2, 0) is 0 Å². The monoisotopic (exact) mass is 321 g/mol. The Morgan fingerprint density at radius 2 is 2.17 bits per heavy atom. The van der Waals surface area contributed by atoms with Crippen molar-refractivity contribution in [2.75, 3.05) is 18.0 Å². The summed E-state index contributed by atoms with van der Waals surface area (Å²) >= 11 is 0. The molecule has 1 fully saturated rings. The van der Waals surface area contributed by atoms with E-state index in [1.807, 2.05) is 18.3 Å². The van der Waals surface area contributed by atoms with Crippen molar-refractivity contribution in [3.8, 4) is 22.7 Å². The molecule has 6 heteroatoms. The highest BCUT2D eigenvalue weighted by molar-refractivity contribution is 5.76. The maximum atomic E-state index is 5.59. The Morgan fingerprint density at radius 1 is 1.21 bits per heavy atom. The zero-order valence-electron chi connectivity index (χ0n) is 13.6. The van der Waals surface area contributed by atoms with Crippen LogP contribution in [0, 0.1) is 5.92 Å². The summed E-state index contributed by atoms with van der Waals surface area (Å²) in [6.07, 6.45) is 10.9. The van der Waals surface area contributed by atoms with Gasteiger partial charge in [0.15, 0.2) is 5.76 Å². The molecule has 4 rings (SSSR count). The second kappa shape index (κ2) is 6.39. The average Bonchev–Trinajstić information content (AvgIpc) is 3.16. The summed E-state index contributed by atoms with van der Waals surface area (Å²) in [7, 11) is 0. The van der Waals surface area contributed by atoms with E-state index in [4.69, 9.17) is 9.40 Å². The van der Waals surface area contributed by atoms with Crippen LogP contribution in [0.4, 0.5) is 5.95 Å². The number of furan rings is 1. The van der Waals surface area contributed by atoms with Gasteiger partial charge in [0, 0.05) is 37.2 Å². The van der Waals surface area contributed by atoms with Crippen molar-refractivity contribution in [2.24, 2.45) is 5.92 Å². The Balaban J connectivity index is 1.78. The van der Waals surface area contributed by atoms with Crippen molar-refractivity contribution in [1.29, 1.82) is 0 Å². The molecule has 0 saturated carbocycles. The normalized spacial score (nSPS) is 17.9. The molecule has 0 spiro atoms. The number of anilines is 1. The Hall–Kier alpha value is -2.76. The van der Waals surface area contributed by atoms with Crippen LogP contribution in [0.1, 0.15) is 19.8 Å². The molecule has 3 aromatic heterocycles. The average molecular weight is 321 g/mol. The van der Waals surface area contributed by atoms with Crippen LogP contribution in [0.3, 0.4) is 0 Å². The topological polar surface area (TPSA) is 67.9 Å². The molecule has 4 heterocycles. The highest BCUT2D eigenvalue weighted by atomic mass is 16.3. The van der Waals surface area contributed by atoms with Gasteiger partial charge >= 0.3 is 0 Å². The summed E-state index contributed by atoms with van der Waals surface area (Å²) in [6, 6.07) is 3.77. The fourth-order valence-electron chi connectivity index (χ4n) is 3.12.